The van der Waals surface area contributed by atoms with Gasteiger partial charge in [-0.15, -0.1) is 11.8 Å². The largest absolute Gasteiger partial charge is 0.459 e. The molecule has 10 heteroatoms. The van der Waals surface area contributed by atoms with Crippen LogP contribution in [0.25, 0.3) is 0 Å². The summed E-state index contributed by atoms with van der Waals surface area (Å²) in [6, 6.07) is 14.7. The standard InChI is InChI=1S/C23H22IN3O5S/c1-22(2)18(19(28)32-13-16-6-4-3-5-7-16)26-20(29)23(14-24,21(26)33-22)25-12-15-8-10-17(11-9-15)27(30)31/h3-12,18,21H,13-14H2,1-2H3/b25-12+/t18-,21+,23+/m0/s1. The maximum atomic E-state index is 13.3. The van der Waals surface area contributed by atoms with Crippen LogP contribution in [0, 0.1) is 10.1 Å². The number of alkyl halides is 1. The van der Waals surface area contributed by atoms with E-state index in [9.17, 15) is 19.7 Å². The number of aliphatic imine (C=N–C) groups is 1. The molecule has 2 heterocycles. The first kappa shape index (κ1) is 23.7. The van der Waals surface area contributed by atoms with Crippen molar-refractivity contribution in [1.29, 1.82) is 0 Å². The highest BCUT2D eigenvalue weighted by molar-refractivity contribution is 14.1. The lowest BCUT2D eigenvalue weighted by Crippen LogP contribution is -2.73. The number of non-ortho nitro benzene ring substituents is 1. The number of fused-ring (bicyclic) bond motifs is 1. The predicted octanol–water partition coefficient (Wildman–Crippen LogP) is 3.99. The van der Waals surface area contributed by atoms with Crippen LogP contribution in [-0.4, -0.2) is 54.0 Å². The van der Waals surface area contributed by atoms with E-state index in [0.29, 0.717) is 9.99 Å². The Morgan fingerprint density at radius 1 is 1.24 bits per heavy atom. The second-order valence-electron chi connectivity index (χ2n) is 8.45. The number of benzene rings is 2. The molecule has 172 valence electrons. The van der Waals surface area contributed by atoms with E-state index in [2.05, 4.69) is 27.6 Å². The Bertz CT molecular complexity index is 1110. The second-order valence-corrected chi connectivity index (χ2v) is 10.9. The number of β-lactam (4-membered cyclic amide) rings is 1. The van der Waals surface area contributed by atoms with Gasteiger partial charge in [-0.1, -0.05) is 52.9 Å². The van der Waals surface area contributed by atoms with Gasteiger partial charge in [-0.2, -0.15) is 0 Å². The number of rotatable bonds is 7. The van der Waals surface area contributed by atoms with Crippen molar-refractivity contribution in [2.24, 2.45) is 4.99 Å². The first-order chi connectivity index (χ1) is 15.7. The Hall–Kier alpha value is -2.47. The molecule has 2 saturated heterocycles. The second kappa shape index (κ2) is 9.05. The molecule has 3 atom stereocenters. The molecule has 1 amide bonds. The summed E-state index contributed by atoms with van der Waals surface area (Å²) < 4.78 is 5.48. The number of nitrogens with zero attached hydrogens (tertiary/aromatic N) is 3. The quantitative estimate of drug-likeness (QED) is 0.0936. The fraction of sp³-hybridized carbons (Fsp3) is 0.348. The third kappa shape index (κ3) is 4.25. The molecule has 0 aromatic heterocycles. The predicted molar refractivity (Wildman–Crippen MR) is 135 cm³/mol. The molecule has 2 aliphatic heterocycles. The molecule has 0 spiro atoms. The van der Waals surface area contributed by atoms with Crippen molar-refractivity contribution in [1.82, 2.24) is 4.90 Å². The number of nitro benzene ring substituents is 1. The number of amides is 1. The zero-order valence-electron chi connectivity index (χ0n) is 18.0. The zero-order chi connectivity index (χ0) is 23.8. The van der Waals surface area contributed by atoms with E-state index in [4.69, 9.17) is 4.74 Å². The molecule has 8 nitrogen and oxygen atoms in total. The molecule has 2 aliphatic rings. The number of carbonyl (C=O) groups is 2. The van der Waals surface area contributed by atoms with E-state index in [-0.39, 0.29) is 23.6 Å². The Morgan fingerprint density at radius 3 is 2.52 bits per heavy atom. The third-order valence-corrected chi connectivity index (χ3v) is 8.65. The van der Waals surface area contributed by atoms with Crippen molar-refractivity contribution in [3.8, 4) is 0 Å². The van der Waals surface area contributed by atoms with Gasteiger partial charge in [0, 0.05) is 27.5 Å². The summed E-state index contributed by atoms with van der Waals surface area (Å²) in [4.78, 5) is 43.0. The number of carbonyl (C=O) groups excluding carboxylic acids is 2. The van der Waals surface area contributed by atoms with Gasteiger partial charge in [-0.3, -0.25) is 19.9 Å². The number of hydrogen-bond acceptors (Lipinski definition) is 7. The van der Waals surface area contributed by atoms with Crippen LogP contribution in [0.4, 0.5) is 5.69 Å². The van der Waals surface area contributed by atoms with Crippen LogP contribution < -0.4 is 0 Å². The topological polar surface area (TPSA) is 102 Å². The molecule has 33 heavy (non-hydrogen) atoms. The molecule has 0 aliphatic carbocycles. The lowest BCUT2D eigenvalue weighted by Gasteiger charge is -2.50. The summed E-state index contributed by atoms with van der Waals surface area (Å²) in [5, 5.41) is 10.6. The summed E-state index contributed by atoms with van der Waals surface area (Å²) in [7, 11) is 0. The Kier molecular flexibility index (Phi) is 6.50. The van der Waals surface area contributed by atoms with Gasteiger partial charge in [0.1, 0.15) is 18.0 Å². The first-order valence-corrected chi connectivity index (χ1v) is 12.7. The number of esters is 1. The average molecular weight is 579 g/mol. The molecule has 4 rings (SSSR count). The minimum atomic E-state index is -0.987. The molecule has 0 bridgehead atoms. The maximum Gasteiger partial charge on any atom is 0.330 e. The summed E-state index contributed by atoms with van der Waals surface area (Å²) in [5.41, 5.74) is 0.553. The van der Waals surface area contributed by atoms with Gasteiger partial charge in [0.15, 0.2) is 5.54 Å². The van der Waals surface area contributed by atoms with Gasteiger partial charge in [0.05, 0.1) is 4.92 Å². The Balaban J connectivity index is 1.52. The number of nitro groups is 1. The van der Waals surface area contributed by atoms with Crippen LogP contribution in [-0.2, 0) is 20.9 Å². The van der Waals surface area contributed by atoms with Crippen molar-refractivity contribution in [2.45, 2.75) is 42.2 Å². The van der Waals surface area contributed by atoms with Gasteiger partial charge in [0.2, 0.25) is 0 Å². The fourth-order valence-corrected chi connectivity index (χ4v) is 6.97. The number of hydrogen-bond donors (Lipinski definition) is 0. The summed E-state index contributed by atoms with van der Waals surface area (Å²) in [5.74, 6) is -0.631. The van der Waals surface area contributed by atoms with Crippen LogP contribution in [0.3, 0.4) is 0 Å². The van der Waals surface area contributed by atoms with Gasteiger partial charge in [-0.25, -0.2) is 4.79 Å². The molecule has 2 fully saturated rings. The number of ether oxygens (including phenoxy) is 1. The average Bonchev–Trinajstić information content (AvgIpc) is 3.07. The third-order valence-electron chi connectivity index (χ3n) is 5.82. The molecular formula is C23H22IN3O5S. The van der Waals surface area contributed by atoms with E-state index in [1.807, 2.05) is 44.2 Å². The smallest absolute Gasteiger partial charge is 0.330 e. The molecule has 2 aromatic rings. The van der Waals surface area contributed by atoms with Crippen LogP contribution >= 0.6 is 34.4 Å². The van der Waals surface area contributed by atoms with E-state index in [1.165, 1.54) is 12.1 Å². The molecule has 0 unspecified atom stereocenters. The number of thioether (sulfide) groups is 1. The van der Waals surface area contributed by atoms with Gasteiger partial charge >= 0.3 is 5.97 Å². The minimum Gasteiger partial charge on any atom is -0.459 e. The van der Waals surface area contributed by atoms with Gasteiger partial charge in [-0.05, 0) is 37.1 Å². The highest BCUT2D eigenvalue weighted by atomic mass is 127. The van der Waals surface area contributed by atoms with Crippen molar-refractivity contribution in [3.05, 3.63) is 75.8 Å². The van der Waals surface area contributed by atoms with Gasteiger partial charge < -0.3 is 9.64 Å². The Morgan fingerprint density at radius 2 is 1.91 bits per heavy atom. The first-order valence-electron chi connectivity index (χ1n) is 10.3. The lowest BCUT2D eigenvalue weighted by atomic mass is 9.86. The van der Waals surface area contributed by atoms with Crippen molar-refractivity contribution < 1.29 is 19.2 Å². The molecular weight excluding hydrogens is 557 g/mol. The maximum absolute atomic E-state index is 13.3. The molecule has 0 N–H and O–H groups in total. The molecule has 0 saturated carbocycles. The lowest BCUT2D eigenvalue weighted by molar-refractivity contribution is -0.384. The minimum absolute atomic E-state index is 0.00777. The van der Waals surface area contributed by atoms with Crippen LogP contribution in [0.5, 0.6) is 0 Å². The normalized spacial score (nSPS) is 25.5. The number of halogens is 1. The van der Waals surface area contributed by atoms with Crippen LogP contribution in [0.1, 0.15) is 25.0 Å². The highest BCUT2D eigenvalue weighted by Crippen LogP contribution is 2.56. The SMILES string of the molecule is CC1(C)S[C@H]2N(C(=O)[C@@]2(CI)/N=C/c2ccc([N+](=O)[O-])cc2)[C@H]1C(=O)OCc1ccccc1. The van der Waals surface area contributed by atoms with Crippen molar-refractivity contribution in [3.63, 3.8) is 0 Å². The Labute approximate surface area is 209 Å². The van der Waals surface area contributed by atoms with Crippen molar-refractivity contribution >= 4 is 58.1 Å². The van der Waals surface area contributed by atoms with E-state index in [0.717, 1.165) is 5.56 Å². The summed E-state index contributed by atoms with van der Waals surface area (Å²) in [6.07, 6.45) is 1.58. The molecule has 2 aromatic carbocycles. The van der Waals surface area contributed by atoms with Crippen LogP contribution in [0.2, 0.25) is 0 Å². The summed E-state index contributed by atoms with van der Waals surface area (Å²) >= 11 is 3.70. The zero-order valence-corrected chi connectivity index (χ0v) is 21.0. The van der Waals surface area contributed by atoms with Crippen molar-refractivity contribution in [2.75, 3.05) is 4.43 Å². The fourth-order valence-electron chi connectivity index (χ4n) is 4.05. The van der Waals surface area contributed by atoms with E-state index in [1.54, 1.807) is 35.0 Å². The van der Waals surface area contributed by atoms with Crippen LogP contribution in [0.15, 0.2) is 59.6 Å². The van der Waals surface area contributed by atoms with Gasteiger partial charge in [0.25, 0.3) is 11.6 Å². The summed E-state index contributed by atoms with van der Waals surface area (Å²) in [6.45, 7) is 4.03. The molecule has 0 radical (unpaired) electrons. The monoisotopic (exact) mass is 579 g/mol. The van der Waals surface area contributed by atoms with E-state index < -0.39 is 27.2 Å². The van der Waals surface area contributed by atoms with E-state index >= 15 is 0 Å². The highest BCUT2D eigenvalue weighted by Gasteiger charge is 2.71.